The van der Waals surface area contributed by atoms with Gasteiger partial charge in [0.05, 0.1) is 0 Å². The van der Waals surface area contributed by atoms with Crippen molar-refractivity contribution in [1.29, 1.82) is 0 Å². The Morgan fingerprint density at radius 3 is 2.68 bits per heavy atom. The fraction of sp³-hybridized carbons (Fsp3) is 0.267. The maximum absolute atomic E-state index is 10.9. The molecule has 0 aliphatic rings. The molecule has 0 spiro atoms. The lowest BCUT2D eigenvalue weighted by Gasteiger charge is -2.11. The van der Waals surface area contributed by atoms with E-state index in [1.807, 2.05) is 19.1 Å². The minimum atomic E-state index is -0.855. The molecule has 0 bridgehead atoms. The van der Waals surface area contributed by atoms with Crippen LogP contribution >= 0.6 is 11.3 Å². The largest absolute Gasteiger partial charge is 0.477 e. The molecule has 0 atom stereocenters. The number of carboxylic acid groups (broad SMARTS) is 1. The van der Waals surface area contributed by atoms with Crippen molar-refractivity contribution in [2.75, 3.05) is 5.32 Å². The quantitative estimate of drug-likeness (QED) is 0.887. The first-order valence-corrected chi connectivity index (χ1v) is 6.93. The molecule has 4 heteroatoms. The molecule has 0 amide bonds. The van der Waals surface area contributed by atoms with E-state index in [9.17, 15) is 4.79 Å². The predicted octanol–water partition coefficient (Wildman–Crippen LogP) is 3.98. The number of aryl methyl sites for hydroxylation is 2. The summed E-state index contributed by atoms with van der Waals surface area (Å²) in [6.07, 6.45) is 0. The third-order valence-corrected chi connectivity index (χ3v) is 4.39. The third kappa shape index (κ3) is 2.96. The van der Waals surface area contributed by atoms with Gasteiger partial charge in [0, 0.05) is 17.1 Å². The number of thiophene rings is 1. The predicted molar refractivity (Wildman–Crippen MR) is 79.3 cm³/mol. The van der Waals surface area contributed by atoms with Crippen LogP contribution in [0.25, 0.3) is 0 Å². The molecule has 0 aliphatic carbocycles. The van der Waals surface area contributed by atoms with E-state index in [1.54, 1.807) is 6.07 Å². The van der Waals surface area contributed by atoms with E-state index in [1.165, 1.54) is 22.5 Å². The van der Waals surface area contributed by atoms with Crippen molar-refractivity contribution in [1.82, 2.24) is 0 Å². The molecule has 3 nitrogen and oxygen atoms in total. The molecule has 0 radical (unpaired) electrons. The third-order valence-electron chi connectivity index (χ3n) is 3.31. The second-order valence-corrected chi connectivity index (χ2v) is 5.85. The lowest BCUT2D eigenvalue weighted by atomic mass is 10.1. The van der Waals surface area contributed by atoms with Gasteiger partial charge in [0.1, 0.15) is 4.88 Å². The molecule has 100 valence electrons. The molecule has 0 saturated heterocycles. The van der Waals surface area contributed by atoms with Crippen LogP contribution in [0.2, 0.25) is 0 Å². The van der Waals surface area contributed by atoms with E-state index in [0.29, 0.717) is 11.4 Å². The van der Waals surface area contributed by atoms with Gasteiger partial charge in [0.2, 0.25) is 0 Å². The zero-order chi connectivity index (χ0) is 14.0. The van der Waals surface area contributed by atoms with Gasteiger partial charge in [-0.2, -0.15) is 0 Å². The van der Waals surface area contributed by atoms with Crippen LogP contribution in [0.1, 0.15) is 31.2 Å². The topological polar surface area (TPSA) is 49.3 Å². The van der Waals surface area contributed by atoms with Crippen molar-refractivity contribution in [3.8, 4) is 0 Å². The molecule has 2 N–H and O–H groups in total. The Labute approximate surface area is 116 Å². The Kier molecular flexibility index (Phi) is 3.90. The number of anilines is 1. The average Bonchev–Trinajstić information content (AvgIpc) is 2.73. The molecule has 1 aromatic heterocycles. The average molecular weight is 275 g/mol. The first kappa shape index (κ1) is 13.6. The fourth-order valence-corrected chi connectivity index (χ4v) is 2.81. The van der Waals surface area contributed by atoms with Crippen LogP contribution in [0.3, 0.4) is 0 Å². The van der Waals surface area contributed by atoms with Gasteiger partial charge in [-0.05, 0) is 49.6 Å². The van der Waals surface area contributed by atoms with E-state index < -0.39 is 5.97 Å². The zero-order valence-corrected chi connectivity index (χ0v) is 12.1. The van der Waals surface area contributed by atoms with Gasteiger partial charge in [-0.3, -0.25) is 0 Å². The number of benzene rings is 1. The molecule has 0 unspecified atom stereocenters. The smallest absolute Gasteiger partial charge is 0.345 e. The highest BCUT2D eigenvalue weighted by molar-refractivity contribution is 7.14. The van der Waals surface area contributed by atoms with Gasteiger partial charge in [-0.1, -0.05) is 12.1 Å². The summed E-state index contributed by atoms with van der Waals surface area (Å²) in [5.74, 6) is -0.855. The summed E-state index contributed by atoms with van der Waals surface area (Å²) in [6.45, 7) is 6.77. The van der Waals surface area contributed by atoms with Crippen molar-refractivity contribution in [2.45, 2.75) is 27.3 Å². The second-order valence-electron chi connectivity index (χ2n) is 4.60. The van der Waals surface area contributed by atoms with Crippen molar-refractivity contribution in [2.24, 2.45) is 0 Å². The zero-order valence-electron chi connectivity index (χ0n) is 11.3. The maximum Gasteiger partial charge on any atom is 0.345 e. The summed E-state index contributed by atoms with van der Waals surface area (Å²) in [6, 6.07) is 7.90. The standard InChI is InChI=1S/C15H17NO2S/c1-9-5-4-6-13(10(9)2)16-8-12-7-14(15(17)18)19-11(12)3/h4-7,16H,8H2,1-3H3,(H,17,18). The van der Waals surface area contributed by atoms with Crippen LogP contribution in [0, 0.1) is 20.8 Å². The first-order chi connectivity index (χ1) is 8.99. The van der Waals surface area contributed by atoms with Crippen LogP contribution in [0.4, 0.5) is 5.69 Å². The van der Waals surface area contributed by atoms with E-state index in [-0.39, 0.29) is 0 Å². The highest BCUT2D eigenvalue weighted by Gasteiger charge is 2.11. The van der Waals surface area contributed by atoms with Gasteiger partial charge in [0.15, 0.2) is 0 Å². The van der Waals surface area contributed by atoms with E-state index >= 15 is 0 Å². The molecule has 1 heterocycles. The van der Waals surface area contributed by atoms with Crippen LogP contribution in [0.5, 0.6) is 0 Å². The van der Waals surface area contributed by atoms with Crippen LogP contribution in [-0.2, 0) is 6.54 Å². The summed E-state index contributed by atoms with van der Waals surface area (Å²) in [4.78, 5) is 12.4. The second kappa shape index (κ2) is 5.45. The van der Waals surface area contributed by atoms with Crippen LogP contribution < -0.4 is 5.32 Å². The Morgan fingerprint density at radius 2 is 2.05 bits per heavy atom. The fourth-order valence-electron chi connectivity index (χ4n) is 1.93. The molecular formula is C15H17NO2S. The van der Waals surface area contributed by atoms with E-state index in [4.69, 9.17) is 5.11 Å². The summed E-state index contributed by atoms with van der Waals surface area (Å²) in [7, 11) is 0. The van der Waals surface area contributed by atoms with Gasteiger partial charge in [0.25, 0.3) is 0 Å². The first-order valence-electron chi connectivity index (χ1n) is 6.11. The van der Waals surface area contributed by atoms with Crippen molar-refractivity contribution >= 4 is 23.0 Å². The molecule has 1 aromatic carbocycles. The summed E-state index contributed by atoms with van der Waals surface area (Å²) >= 11 is 1.33. The van der Waals surface area contributed by atoms with Gasteiger partial charge in [-0.15, -0.1) is 11.3 Å². The molecule has 19 heavy (non-hydrogen) atoms. The van der Waals surface area contributed by atoms with E-state index in [2.05, 4.69) is 25.2 Å². The van der Waals surface area contributed by atoms with Crippen molar-refractivity contribution < 1.29 is 9.90 Å². The number of hydrogen-bond donors (Lipinski definition) is 2. The number of carboxylic acids is 1. The number of hydrogen-bond acceptors (Lipinski definition) is 3. The normalized spacial score (nSPS) is 10.5. The SMILES string of the molecule is Cc1cccc(NCc2cc(C(=O)O)sc2C)c1C. The van der Waals surface area contributed by atoms with Gasteiger partial charge < -0.3 is 10.4 Å². The van der Waals surface area contributed by atoms with Crippen molar-refractivity contribution in [3.63, 3.8) is 0 Å². The molecular weight excluding hydrogens is 258 g/mol. The molecule has 0 fully saturated rings. The molecule has 0 saturated carbocycles. The highest BCUT2D eigenvalue weighted by atomic mass is 32.1. The summed E-state index contributed by atoms with van der Waals surface area (Å²) < 4.78 is 0. The Hall–Kier alpha value is -1.81. The number of rotatable bonds is 4. The summed E-state index contributed by atoms with van der Waals surface area (Å²) in [5.41, 5.74) is 4.62. The Balaban J connectivity index is 2.14. The van der Waals surface area contributed by atoms with Gasteiger partial charge >= 0.3 is 5.97 Å². The van der Waals surface area contributed by atoms with Gasteiger partial charge in [-0.25, -0.2) is 4.79 Å². The van der Waals surface area contributed by atoms with Crippen LogP contribution in [-0.4, -0.2) is 11.1 Å². The lowest BCUT2D eigenvalue weighted by molar-refractivity contribution is 0.0702. The van der Waals surface area contributed by atoms with E-state index in [0.717, 1.165) is 16.1 Å². The van der Waals surface area contributed by atoms with Crippen molar-refractivity contribution in [3.05, 3.63) is 50.7 Å². The summed E-state index contributed by atoms with van der Waals surface area (Å²) in [5, 5.41) is 12.4. The maximum atomic E-state index is 10.9. The number of nitrogens with one attached hydrogen (secondary N) is 1. The Morgan fingerprint density at radius 1 is 1.32 bits per heavy atom. The number of aromatic carboxylic acids is 1. The Bertz CT molecular complexity index is 617. The lowest BCUT2D eigenvalue weighted by Crippen LogP contribution is -2.02. The van der Waals surface area contributed by atoms with Crippen LogP contribution in [0.15, 0.2) is 24.3 Å². The molecule has 0 aliphatic heterocycles. The highest BCUT2D eigenvalue weighted by Crippen LogP contribution is 2.24. The monoisotopic (exact) mass is 275 g/mol. The number of carbonyl (C=O) groups is 1. The molecule has 2 rings (SSSR count). The molecule has 2 aromatic rings. The minimum Gasteiger partial charge on any atom is -0.477 e. The minimum absolute atomic E-state index is 0.398.